The highest BCUT2D eigenvalue weighted by molar-refractivity contribution is 7.12. The SMILES string of the molecule is Cc1cccc(NC(=O)N2CCN(C(=O)c3ccc(CNC(=O)c4cccs4)cc3)CC2)c1. The second kappa shape index (κ2) is 10.3. The zero-order chi connectivity index (χ0) is 23.2. The molecule has 4 rings (SSSR count). The Labute approximate surface area is 197 Å². The van der Waals surface area contributed by atoms with Crippen LogP contribution in [0.25, 0.3) is 0 Å². The third-order valence-electron chi connectivity index (χ3n) is 5.52. The van der Waals surface area contributed by atoms with Crippen LogP contribution in [0.15, 0.2) is 66.0 Å². The molecule has 2 N–H and O–H groups in total. The molecule has 0 bridgehead atoms. The van der Waals surface area contributed by atoms with E-state index in [0.717, 1.165) is 16.8 Å². The highest BCUT2D eigenvalue weighted by Gasteiger charge is 2.25. The first-order valence-corrected chi connectivity index (χ1v) is 11.7. The fourth-order valence-electron chi connectivity index (χ4n) is 3.66. The summed E-state index contributed by atoms with van der Waals surface area (Å²) in [6.07, 6.45) is 0. The zero-order valence-electron chi connectivity index (χ0n) is 18.4. The maximum absolute atomic E-state index is 12.9. The average Bonchev–Trinajstić information content (AvgIpc) is 3.38. The van der Waals surface area contributed by atoms with Crippen LogP contribution < -0.4 is 10.6 Å². The number of amides is 4. The van der Waals surface area contributed by atoms with E-state index in [1.54, 1.807) is 28.0 Å². The third kappa shape index (κ3) is 5.78. The number of carbonyl (C=O) groups is 3. The summed E-state index contributed by atoms with van der Waals surface area (Å²) in [6, 6.07) is 18.4. The molecule has 0 atom stereocenters. The Morgan fingerprint density at radius 1 is 0.909 bits per heavy atom. The molecule has 0 unspecified atom stereocenters. The summed E-state index contributed by atoms with van der Waals surface area (Å²) in [6.45, 7) is 4.32. The van der Waals surface area contributed by atoms with Crippen molar-refractivity contribution in [2.75, 3.05) is 31.5 Å². The summed E-state index contributed by atoms with van der Waals surface area (Å²) in [5.41, 5.74) is 3.37. The normalized spacial score (nSPS) is 13.5. The second-order valence-corrected chi connectivity index (χ2v) is 8.88. The van der Waals surface area contributed by atoms with Crippen LogP contribution in [0.2, 0.25) is 0 Å². The van der Waals surface area contributed by atoms with Crippen molar-refractivity contribution < 1.29 is 14.4 Å². The monoisotopic (exact) mass is 462 g/mol. The van der Waals surface area contributed by atoms with E-state index in [9.17, 15) is 14.4 Å². The van der Waals surface area contributed by atoms with Gasteiger partial charge in [0, 0.05) is 44.0 Å². The van der Waals surface area contributed by atoms with Crippen molar-refractivity contribution in [2.24, 2.45) is 0 Å². The van der Waals surface area contributed by atoms with Crippen molar-refractivity contribution in [3.8, 4) is 0 Å². The molecular weight excluding hydrogens is 436 g/mol. The van der Waals surface area contributed by atoms with E-state index in [1.165, 1.54) is 11.3 Å². The van der Waals surface area contributed by atoms with Crippen LogP contribution in [-0.2, 0) is 6.54 Å². The third-order valence-corrected chi connectivity index (χ3v) is 6.39. The van der Waals surface area contributed by atoms with Crippen molar-refractivity contribution in [1.82, 2.24) is 15.1 Å². The Hall–Kier alpha value is -3.65. The van der Waals surface area contributed by atoms with Gasteiger partial charge >= 0.3 is 6.03 Å². The number of urea groups is 1. The number of anilines is 1. The van der Waals surface area contributed by atoms with Crippen molar-refractivity contribution in [1.29, 1.82) is 0 Å². The van der Waals surface area contributed by atoms with E-state index in [1.807, 2.05) is 54.8 Å². The molecule has 2 heterocycles. The summed E-state index contributed by atoms with van der Waals surface area (Å²) < 4.78 is 0. The van der Waals surface area contributed by atoms with Gasteiger partial charge in [-0.3, -0.25) is 9.59 Å². The van der Waals surface area contributed by atoms with Crippen LogP contribution in [0.5, 0.6) is 0 Å². The molecule has 8 heteroatoms. The summed E-state index contributed by atoms with van der Waals surface area (Å²) in [5.74, 6) is -0.155. The Kier molecular flexibility index (Phi) is 7.04. The number of hydrogen-bond donors (Lipinski definition) is 2. The van der Waals surface area contributed by atoms with Gasteiger partial charge in [0.2, 0.25) is 0 Å². The lowest BCUT2D eigenvalue weighted by Crippen LogP contribution is -2.51. The number of thiophene rings is 1. The van der Waals surface area contributed by atoms with E-state index in [-0.39, 0.29) is 17.8 Å². The predicted molar refractivity (Wildman–Crippen MR) is 130 cm³/mol. The fourth-order valence-corrected chi connectivity index (χ4v) is 4.30. The Bertz CT molecular complexity index is 1120. The summed E-state index contributed by atoms with van der Waals surface area (Å²) in [5, 5.41) is 7.67. The minimum Gasteiger partial charge on any atom is -0.347 e. The molecule has 3 aromatic rings. The van der Waals surface area contributed by atoms with Crippen LogP contribution >= 0.6 is 11.3 Å². The largest absolute Gasteiger partial charge is 0.347 e. The minimum absolute atomic E-state index is 0.0529. The molecule has 0 saturated carbocycles. The van der Waals surface area contributed by atoms with Crippen LogP contribution in [0.3, 0.4) is 0 Å². The van der Waals surface area contributed by atoms with Gasteiger partial charge in [-0.15, -0.1) is 11.3 Å². The maximum atomic E-state index is 12.9. The molecule has 4 amide bonds. The summed E-state index contributed by atoms with van der Waals surface area (Å²) >= 11 is 1.40. The lowest BCUT2D eigenvalue weighted by Gasteiger charge is -2.34. The van der Waals surface area contributed by atoms with Gasteiger partial charge in [-0.05, 0) is 53.8 Å². The first kappa shape index (κ1) is 22.5. The summed E-state index contributed by atoms with van der Waals surface area (Å²) in [4.78, 5) is 41.6. The van der Waals surface area contributed by atoms with Crippen molar-refractivity contribution in [2.45, 2.75) is 13.5 Å². The maximum Gasteiger partial charge on any atom is 0.321 e. The van der Waals surface area contributed by atoms with E-state index in [0.29, 0.717) is 43.2 Å². The number of rotatable bonds is 5. The molecule has 1 fully saturated rings. The van der Waals surface area contributed by atoms with Gasteiger partial charge < -0.3 is 20.4 Å². The van der Waals surface area contributed by atoms with Crippen molar-refractivity contribution in [3.05, 3.63) is 87.6 Å². The molecule has 33 heavy (non-hydrogen) atoms. The zero-order valence-corrected chi connectivity index (χ0v) is 19.2. The van der Waals surface area contributed by atoms with Gasteiger partial charge in [-0.1, -0.05) is 30.3 Å². The molecule has 0 radical (unpaired) electrons. The molecule has 0 aliphatic carbocycles. The topological polar surface area (TPSA) is 81.8 Å². The van der Waals surface area contributed by atoms with E-state index >= 15 is 0 Å². The van der Waals surface area contributed by atoms with Gasteiger partial charge in [-0.2, -0.15) is 0 Å². The standard InChI is InChI=1S/C25H26N4O3S/c1-18-4-2-5-21(16-18)27-25(32)29-13-11-28(12-14-29)24(31)20-9-7-19(8-10-20)17-26-23(30)22-6-3-15-33-22/h2-10,15-16H,11-14,17H2,1H3,(H,26,30)(H,27,32). The highest BCUT2D eigenvalue weighted by Crippen LogP contribution is 2.14. The molecule has 1 aliphatic heterocycles. The van der Waals surface area contributed by atoms with Crippen LogP contribution in [0.1, 0.15) is 31.2 Å². The number of aryl methyl sites for hydroxylation is 1. The van der Waals surface area contributed by atoms with Crippen LogP contribution in [0, 0.1) is 6.92 Å². The molecule has 1 aromatic heterocycles. The fraction of sp³-hybridized carbons (Fsp3) is 0.240. The Morgan fingerprint density at radius 3 is 2.30 bits per heavy atom. The quantitative estimate of drug-likeness (QED) is 0.602. The molecule has 7 nitrogen and oxygen atoms in total. The first-order chi connectivity index (χ1) is 16.0. The van der Waals surface area contributed by atoms with Crippen molar-refractivity contribution >= 4 is 34.9 Å². The number of benzene rings is 2. The lowest BCUT2D eigenvalue weighted by atomic mass is 10.1. The molecule has 170 valence electrons. The molecular formula is C25H26N4O3S. The Balaban J connectivity index is 1.26. The molecule has 1 saturated heterocycles. The minimum atomic E-state index is -0.151. The van der Waals surface area contributed by atoms with Crippen LogP contribution in [0.4, 0.5) is 10.5 Å². The molecule has 2 aromatic carbocycles. The number of piperazine rings is 1. The first-order valence-electron chi connectivity index (χ1n) is 10.8. The van der Waals surface area contributed by atoms with Gasteiger partial charge in [0.1, 0.15) is 0 Å². The number of carbonyl (C=O) groups excluding carboxylic acids is 3. The van der Waals surface area contributed by atoms with Gasteiger partial charge in [0.05, 0.1) is 4.88 Å². The number of hydrogen-bond acceptors (Lipinski definition) is 4. The number of nitrogens with one attached hydrogen (secondary N) is 2. The van der Waals surface area contributed by atoms with Crippen LogP contribution in [-0.4, -0.2) is 53.8 Å². The average molecular weight is 463 g/mol. The van der Waals surface area contributed by atoms with Gasteiger partial charge in [0.15, 0.2) is 0 Å². The summed E-state index contributed by atoms with van der Waals surface area (Å²) in [7, 11) is 0. The van der Waals surface area contributed by atoms with Gasteiger partial charge in [0.25, 0.3) is 11.8 Å². The lowest BCUT2D eigenvalue weighted by molar-refractivity contribution is 0.0671. The molecule has 1 aliphatic rings. The van der Waals surface area contributed by atoms with Gasteiger partial charge in [-0.25, -0.2) is 4.79 Å². The smallest absolute Gasteiger partial charge is 0.321 e. The molecule has 0 spiro atoms. The second-order valence-electron chi connectivity index (χ2n) is 7.94. The van der Waals surface area contributed by atoms with E-state index in [4.69, 9.17) is 0 Å². The van der Waals surface area contributed by atoms with E-state index < -0.39 is 0 Å². The number of nitrogens with zero attached hydrogens (tertiary/aromatic N) is 2. The Morgan fingerprint density at radius 2 is 1.64 bits per heavy atom. The highest BCUT2D eigenvalue weighted by atomic mass is 32.1. The van der Waals surface area contributed by atoms with Crippen molar-refractivity contribution in [3.63, 3.8) is 0 Å². The van der Waals surface area contributed by atoms with E-state index in [2.05, 4.69) is 10.6 Å². The predicted octanol–water partition coefficient (Wildman–Crippen LogP) is 3.98.